The van der Waals surface area contributed by atoms with Gasteiger partial charge in [-0.3, -0.25) is 34.4 Å². The maximum absolute atomic E-state index is 12.7. The average Bonchev–Trinajstić information content (AvgIpc) is 2.96. The highest BCUT2D eigenvalue weighted by atomic mass is 35.5. The summed E-state index contributed by atoms with van der Waals surface area (Å²) in [6.07, 6.45) is 0. The lowest BCUT2D eigenvalue weighted by Crippen LogP contribution is -2.50. The number of halogens is 1. The van der Waals surface area contributed by atoms with Crippen LogP contribution in [0.3, 0.4) is 0 Å². The van der Waals surface area contributed by atoms with Gasteiger partial charge in [0.1, 0.15) is 5.56 Å². The van der Waals surface area contributed by atoms with Gasteiger partial charge in [0.05, 0.1) is 17.2 Å². The number of amides is 2. The number of hydrogen-bond acceptors (Lipinski definition) is 6. The van der Waals surface area contributed by atoms with Crippen LogP contribution in [0.15, 0.2) is 42.5 Å². The number of nitro groups is 1. The van der Waals surface area contributed by atoms with Crippen molar-refractivity contribution in [3.63, 3.8) is 0 Å². The molecule has 0 saturated carbocycles. The van der Waals surface area contributed by atoms with Crippen LogP contribution in [0, 0.1) is 10.1 Å². The number of carbonyl (C=O) groups is 2. The van der Waals surface area contributed by atoms with Crippen LogP contribution in [0.2, 0.25) is 5.02 Å². The molecule has 8 nitrogen and oxygen atoms in total. The Labute approximate surface area is 172 Å². The van der Waals surface area contributed by atoms with Gasteiger partial charge in [-0.25, -0.2) is 0 Å². The van der Waals surface area contributed by atoms with Crippen LogP contribution in [0.5, 0.6) is 0 Å². The Morgan fingerprint density at radius 1 is 0.931 bits per heavy atom. The largest absolute Gasteiger partial charge is 0.297 e. The maximum Gasteiger partial charge on any atom is 0.282 e. The Morgan fingerprint density at radius 2 is 1.59 bits per heavy atom. The zero-order valence-electron chi connectivity index (χ0n) is 15.6. The maximum atomic E-state index is 12.7. The lowest BCUT2D eigenvalue weighted by molar-refractivity contribution is -0.385. The molecule has 2 aliphatic rings. The van der Waals surface area contributed by atoms with E-state index < -0.39 is 16.7 Å². The van der Waals surface area contributed by atoms with E-state index >= 15 is 0 Å². The van der Waals surface area contributed by atoms with E-state index in [1.807, 2.05) is 29.2 Å². The molecule has 150 valence electrons. The van der Waals surface area contributed by atoms with Crippen LogP contribution in [0.4, 0.5) is 5.69 Å². The SMILES string of the molecule is O=C1c2cccc([N+](=O)[O-])c2C(=O)N1CN1CCN(Cc2ccc(Cl)cc2)CC1. The standard InChI is InChI=1S/C20H19ClN4O4/c21-15-6-4-14(5-7-15)12-22-8-10-23(11-9-22)13-24-19(26)16-2-1-3-17(25(28)29)18(16)20(24)27/h1-7H,8-13H2. The number of rotatable bonds is 5. The normalized spacial score (nSPS) is 17.6. The summed E-state index contributed by atoms with van der Waals surface area (Å²) in [6, 6.07) is 11.9. The van der Waals surface area contributed by atoms with Gasteiger partial charge in [-0.05, 0) is 23.8 Å². The number of fused-ring (bicyclic) bond motifs is 1. The van der Waals surface area contributed by atoms with Gasteiger partial charge in [0.25, 0.3) is 17.5 Å². The molecule has 2 heterocycles. The Balaban J connectivity index is 1.38. The third-order valence-corrected chi connectivity index (χ3v) is 5.55. The summed E-state index contributed by atoms with van der Waals surface area (Å²) in [4.78, 5) is 41.3. The number of hydrogen-bond donors (Lipinski definition) is 0. The zero-order valence-corrected chi connectivity index (χ0v) is 16.3. The minimum absolute atomic E-state index is 0.102. The number of piperazine rings is 1. The fourth-order valence-electron chi connectivity index (χ4n) is 3.73. The van der Waals surface area contributed by atoms with Gasteiger partial charge >= 0.3 is 0 Å². The van der Waals surface area contributed by atoms with E-state index in [0.717, 1.165) is 24.5 Å². The third kappa shape index (κ3) is 3.87. The molecule has 2 aromatic carbocycles. The van der Waals surface area contributed by atoms with E-state index in [9.17, 15) is 19.7 Å². The lowest BCUT2D eigenvalue weighted by atomic mass is 10.1. The Bertz CT molecular complexity index is 971. The predicted octanol–water partition coefficient (Wildman–Crippen LogP) is 2.62. The van der Waals surface area contributed by atoms with Crippen molar-refractivity contribution >= 4 is 29.1 Å². The van der Waals surface area contributed by atoms with Crippen LogP contribution in [0.25, 0.3) is 0 Å². The molecule has 1 saturated heterocycles. The van der Waals surface area contributed by atoms with Crippen molar-refractivity contribution < 1.29 is 14.5 Å². The van der Waals surface area contributed by atoms with E-state index in [4.69, 9.17) is 11.6 Å². The van der Waals surface area contributed by atoms with Gasteiger partial charge < -0.3 is 0 Å². The number of imide groups is 1. The summed E-state index contributed by atoms with van der Waals surface area (Å²) in [7, 11) is 0. The minimum Gasteiger partial charge on any atom is -0.297 e. The van der Waals surface area contributed by atoms with E-state index in [2.05, 4.69) is 4.90 Å². The first-order chi connectivity index (χ1) is 13.9. The monoisotopic (exact) mass is 414 g/mol. The molecule has 1 fully saturated rings. The van der Waals surface area contributed by atoms with Gasteiger partial charge in [0.2, 0.25) is 0 Å². The first-order valence-corrected chi connectivity index (χ1v) is 9.64. The van der Waals surface area contributed by atoms with Crippen LogP contribution in [0.1, 0.15) is 26.3 Å². The molecule has 9 heteroatoms. The summed E-state index contributed by atoms with van der Waals surface area (Å²) in [6.45, 7) is 3.94. The van der Waals surface area contributed by atoms with Crippen LogP contribution >= 0.6 is 11.6 Å². The molecule has 2 amide bonds. The van der Waals surface area contributed by atoms with Gasteiger partial charge in [0, 0.05) is 43.8 Å². The van der Waals surface area contributed by atoms with Crippen molar-refractivity contribution in [2.75, 3.05) is 32.8 Å². The Kier molecular flexibility index (Phi) is 5.31. The second kappa shape index (κ2) is 7.90. The van der Waals surface area contributed by atoms with Gasteiger partial charge in [-0.2, -0.15) is 0 Å². The molecule has 0 bridgehead atoms. The summed E-state index contributed by atoms with van der Waals surface area (Å²) in [5.74, 6) is -1.07. The highest BCUT2D eigenvalue weighted by Crippen LogP contribution is 2.30. The quantitative estimate of drug-likeness (QED) is 0.424. The molecule has 29 heavy (non-hydrogen) atoms. The van der Waals surface area contributed by atoms with E-state index in [1.165, 1.54) is 23.8 Å². The molecule has 0 spiro atoms. The molecular formula is C20H19ClN4O4. The van der Waals surface area contributed by atoms with Crippen molar-refractivity contribution in [1.29, 1.82) is 0 Å². The summed E-state index contributed by atoms with van der Waals surface area (Å²) < 4.78 is 0. The van der Waals surface area contributed by atoms with Crippen molar-refractivity contribution in [3.05, 3.63) is 74.3 Å². The number of benzene rings is 2. The second-order valence-electron chi connectivity index (χ2n) is 7.16. The topological polar surface area (TPSA) is 87.0 Å². The van der Waals surface area contributed by atoms with Gasteiger partial charge in [-0.15, -0.1) is 0 Å². The first-order valence-electron chi connectivity index (χ1n) is 9.27. The molecule has 2 aromatic rings. The minimum atomic E-state index is -0.622. The Hall–Kier alpha value is -2.81. The molecule has 0 N–H and O–H groups in total. The zero-order chi connectivity index (χ0) is 20.5. The number of nitrogens with zero attached hydrogens (tertiary/aromatic N) is 4. The highest BCUT2D eigenvalue weighted by molar-refractivity contribution is 6.30. The average molecular weight is 415 g/mol. The molecule has 4 rings (SSSR count). The number of carbonyl (C=O) groups excluding carboxylic acids is 2. The predicted molar refractivity (Wildman–Crippen MR) is 107 cm³/mol. The first kappa shape index (κ1) is 19.5. The second-order valence-corrected chi connectivity index (χ2v) is 7.59. The van der Waals surface area contributed by atoms with Crippen molar-refractivity contribution in [2.45, 2.75) is 6.54 Å². The van der Waals surface area contributed by atoms with Crippen molar-refractivity contribution in [1.82, 2.24) is 14.7 Å². The fraction of sp³-hybridized carbons (Fsp3) is 0.300. The van der Waals surface area contributed by atoms with Crippen LogP contribution in [-0.2, 0) is 6.54 Å². The summed E-state index contributed by atoms with van der Waals surface area (Å²) in [5.41, 5.74) is 0.848. The molecule has 0 unspecified atom stereocenters. The summed E-state index contributed by atoms with van der Waals surface area (Å²) >= 11 is 5.92. The molecule has 0 atom stereocenters. The van der Waals surface area contributed by atoms with Crippen LogP contribution < -0.4 is 0 Å². The molecular weight excluding hydrogens is 396 g/mol. The van der Waals surface area contributed by atoms with Crippen molar-refractivity contribution in [2.24, 2.45) is 0 Å². The van der Waals surface area contributed by atoms with E-state index in [-0.39, 0.29) is 23.5 Å². The Morgan fingerprint density at radius 3 is 2.24 bits per heavy atom. The smallest absolute Gasteiger partial charge is 0.282 e. The molecule has 0 aromatic heterocycles. The van der Waals surface area contributed by atoms with Crippen molar-refractivity contribution in [3.8, 4) is 0 Å². The fourth-order valence-corrected chi connectivity index (χ4v) is 3.86. The molecule has 0 radical (unpaired) electrons. The van der Waals surface area contributed by atoms with Gasteiger partial charge in [-0.1, -0.05) is 29.8 Å². The molecule has 0 aliphatic carbocycles. The third-order valence-electron chi connectivity index (χ3n) is 5.30. The number of nitro benzene ring substituents is 1. The van der Waals surface area contributed by atoms with E-state index in [0.29, 0.717) is 18.1 Å². The van der Waals surface area contributed by atoms with Crippen LogP contribution in [-0.4, -0.2) is 64.3 Å². The van der Waals surface area contributed by atoms with Gasteiger partial charge in [0.15, 0.2) is 0 Å². The highest BCUT2D eigenvalue weighted by Gasteiger charge is 2.41. The summed E-state index contributed by atoms with van der Waals surface area (Å²) in [5, 5.41) is 11.9. The lowest BCUT2D eigenvalue weighted by Gasteiger charge is -2.36. The van der Waals surface area contributed by atoms with E-state index in [1.54, 1.807) is 0 Å². The molecule has 2 aliphatic heterocycles.